The molecule has 0 unspecified atom stereocenters. The number of nitrogens with zero attached hydrogens (tertiary/aromatic N) is 1. The highest BCUT2D eigenvalue weighted by atomic mass is 15.1. The van der Waals surface area contributed by atoms with Gasteiger partial charge in [0.15, 0.2) is 0 Å². The molecule has 0 amide bonds. The fraction of sp³-hybridized carbons (Fsp3) is 0.538. The molecule has 1 saturated heterocycles. The Hall–Kier alpha value is -0.980. The maximum absolute atomic E-state index is 2.50. The Morgan fingerprint density at radius 1 is 1.21 bits per heavy atom. The van der Waals surface area contributed by atoms with Crippen molar-refractivity contribution in [2.75, 3.05) is 18.0 Å². The van der Waals surface area contributed by atoms with E-state index in [1.165, 1.54) is 42.7 Å². The first kappa shape index (κ1) is 9.57. The summed E-state index contributed by atoms with van der Waals surface area (Å²) in [6, 6.07) is 6.88. The number of benzene rings is 1. The Labute approximate surface area is 86.7 Å². The lowest BCUT2D eigenvalue weighted by molar-refractivity contribution is 0.949. The Balaban J connectivity index is 2.25. The molecule has 0 aliphatic carbocycles. The molecule has 1 heteroatoms. The van der Waals surface area contributed by atoms with E-state index in [2.05, 4.69) is 36.9 Å². The molecule has 0 radical (unpaired) electrons. The van der Waals surface area contributed by atoms with Gasteiger partial charge in [-0.1, -0.05) is 13.0 Å². The molecular weight excluding hydrogens is 170 g/mol. The second-order valence-electron chi connectivity index (χ2n) is 4.16. The molecule has 0 saturated carbocycles. The second kappa shape index (κ2) is 4.04. The summed E-state index contributed by atoms with van der Waals surface area (Å²) in [4.78, 5) is 2.50. The van der Waals surface area contributed by atoms with Gasteiger partial charge in [0.05, 0.1) is 0 Å². The molecule has 0 aromatic heterocycles. The molecule has 0 N–H and O–H groups in total. The van der Waals surface area contributed by atoms with Crippen molar-refractivity contribution in [1.29, 1.82) is 0 Å². The van der Waals surface area contributed by atoms with Gasteiger partial charge in [0.2, 0.25) is 0 Å². The van der Waals surface area contributed by atoms with Crippen LogP contribution in [-0.4, -0.2) is 13.1 Å². The summed E-state index contributed by atoms with van der Waals surface area (Å²) in [5.74, 6) is 0. The van der Waals surface area contributed by atoms with E-state index in [0.29, 0.717) is 0 Å². The minimum atomic E-state index is 1.15. The highest BCUT2D eigenvalue weighted by molar-refractivity contribution is 5.51. The van der Waals surface area contributed by atoms with Crippen LogP contribution in [0.1, 0.15) is 30.9 Å². The van der Waals surface area contributed by atoms with E-state index in [0.717, 1.165) is 6.42 Å². The first-order valence-corrected chi connectivity index (χ1v) is 5.65. The summed E-state index contributed by atoms with van der Waals surface area (Å²) in [6.07, 6.45) is 3.86. The van der Waals surface area contributed by atoms with Crippen molar-refractivity contribution in [3.63, 3.8) is 0 Å². The van der Waals surface area contributed by atoms with Crippen LogP contribution in [0, 0.1) is 6.92 Å². The summed E-state index contributed by atoms with van der Waals surface area (Å²) in [6.45, 7) is 6.92. The monoisotopic (exact) mass is 189 g/mol. The Morgan fingerprint density at radius 2 is 1.93 bits per heavy atom. The van der Waals surface area contributed by atoms with E-state index >= 15 is 0 Å². The van der Waals surface area contributed by atoms with Crippen LogP contribution in [0.4, 0.5) is 5.69 Å². The molecular formula is C13H19N. The Morgan fingerprint density at radius 3 is 2.57 bits per heavy atom. The summed E-state index contributed by atoms with van der Waals surface area (Å²) in [5, 5.41) is 0. The molecule has 0 bridgehead atoms. The normalized spacial score (nSPS) is 16.3. The third-order valence-electron chi connectivity index (χ3n) is 3.18. The standard InChI is InChI=1S/C13H19N/c1-3-12-10-13(7-6-11(12)2)14-8-4-5-9-14/h6-7,10H,3-5,8-9H2,1-2H3. The summed E-state index contributed by atoms with van der Waals surface area (Å²) >= 11 is 0. The lowest BCUT2D eigenvalue weighted by Crippen LogP contribution is -2.17. The first-order chi connectivity index (χ1) is 6.81. The Bertz CT molecular complexity index is 311. The van der Waals surface area contributed by atoms with Gasteiger partial charge in [0.1, 0.15) is 0 Å². The fourth-order valence-corrected chi connectivity index (χ4v) is 2.21. The van der Waals surface area contributed by atoms with Crippen molar-refractivity contribution in [3.8, 4) is 0 Å². The minimum absolute atomic E-state index is 1.15. The van der Waals surface area contributed by atoms with Gasteiger partial charge in [-0.05, 0) is 49.4 Å². The molecule has 0 atom stereocenters. The second-order valence-corrected chi connectivity index (χ2v) is 4.16. The quantitative estimate of drug-likeness (QED) is 0.690. The van der Waals surface area contributed by atoms with E-state index in [9.17, 15) is 0 Å². The zero-order valence-electron chi connectivity index (χ0n) is 9.21. The van der Waals surface area contributed by atoms with Crippen molar-refractivity contribution in [2.45, 2.75) is 33.1 Å². The lowest BCUT2D eigenvalue weighted by Gasteiger charge is -2.19. The Kier molecular flexibility index (Phi) is 2.76. The van der Waals surface area contributed by atoms with Crippen LogP contribution in [0.5, 0.6) is 0 Å². The van der Waals surface area contributed by atoms with Crippen LogP contribution in [0.15, 0.2) is 18.2 Å². The molecule has 2 rings (SSSR count). The first-order valence-electron chi connectivity index (χ1n) is 5.65. The van der Waals surface area contributed by atoms with Gasteiger partial charge in [-0.3, -0.25) is 0 Å². The van der Waals surface area contributed by atoms with E-state index < -0.39 is 0 Å². The van der Waals surface area contributed by atoms with Crippen LogP contribution >= 0.6 is 0 Å². The molecule has 1 aliphatic heterocycles. The van der Waals surface area contributed by atoms with Crippen molar-refractivity contribution in [2.24, 2.45) is 0 Å². The maximum Gasteiger partial charge on any atom is 0.0369 e. The average Bonchev–Trinajstić information content (AvgIpc) is 2.71. The maximum atomic E-state index is 2.50. The third kappa shape index (κ3) is 1.77. The molecule has 1 heterocycles. The van der Waals surface area contributed by atoms with Crippen LogP contribution in [0.25, 0.3) is 0 Å². The predicted octanol–water partition coefficient (Wildman–Crippen LogP) is 3.16. The fourth-order valence-electron chi connectivity index (χ4n) is 2.21. The van der Waals surface area contributed by atoms with Gasteiger partial charge in [0, 0.05) is 18.8 Å². The van der Waals surface area contributed by atoms with Crippen LogP contribution in [0.2, 0.25) is 0 Å². The summed E-state index contributed by atoms with van der Waals surface area (Å²) < 4.78 is 0. The molecule has 14 heavy (non-hydrogen) atoms. The molecule has 1 nitrogen and oxygen atoms in total. The number of hydrogen-bond donors (Lipinski definition) is 0. The van der Waals surface area contributed by atoms with Crippen molar-refractivity contribution in [1.82, 2.24) is 0 Å². The SMILES string of the molecule is CCc1cc(N2CCCC2)ccc1C. The van der Waals surface area contributed by atoms with E-state index in [4.69, 9.17) is 0 Å². The topological polar surface area (TPSA) is 3.24 Å². The average molecular weight is 189 g/mol. The molecule has 1 aliphatic rings. The van der Waals surface area contributed by atoms with Crippen LogP contribution in [0.3, 0.4) is 0 Å². The number of rotatable bonds is 2. The van der Waals surface area contributed by atoms with Gasteiger partial charge in [-0.2, -0.15) is 0 Å². The van der Waals surface area contributed by atoms with Crippen molar-refractivity contribution >= 4 is 5.69 Å². The van der Waals surface area contributed by atoms with E-state index in [1.54, 1.807) is 0 Å². The van der Waals surface area contributed by atoms with Gasteiger partial charge >= 0.3 is 0 Å². The van der Waals surface area contributed by atoms with Crippen LogP contribution < -0.4 is 4.90 Å². The summed E-state index contributed by atoms with van der Waals surface area (Å²) in [5.41, 5.74) is 4.34. The molecule has 0 spiro atoms. The summed E-state index contributed by atoms with van der Waals surface area (Å²) in [7, 11) is 0. The van der Waals surface area contributed by atoms with Gasteiger partial charge in [-0.25, -0.2) is 0 Å². The third-order valence-corrected chi connectivity index (χ3v) is 3.18. The smallest absolute Gasteiger partial charge is 0.0369 e. The molecule has 76 valence electrons. The number of aryl methyl sites for hydroxylation is 2. The van der Waals surface area contributed by atoms with Crippen LogP contribution in [-0.2, 0) is 6.42 Å². The predicted molar refractivity (Wildman–Crippen MR) is 62.0 cm³/mol. The molecule has 1 fully saturated rings. The van der Waals surface area contributed by atoms with Gasteiger partial charge in [0.25, 0.3) is 0 Å². The zero-order chi connectivity index (χ0) is 9.97. The highest BCUT2D eigenvalue weighted by Gasteiger charge is 2.12. The number of anilines is 1. The molecule has 1 aromatic rings. The zero-order valence-corrected chi connectivity index (χ0v) is 9.21. The van der Waals surface area contributed by atoms with Crippen molar-refractivity contribution in [3.05, 3.63) is 29.3 Å². The lowest BCUT2D eigenvalue weighted by atomic mass is 10.1. The van der Waals surface area contributed by atoms with Gasteiger partial charge < -0.3 is 4.90 Å². The minimum Gasteiger partial charge on any atom is -0.372 e. The largest absolute Gasteiger partial charge is 0.372 e. The highest BCUT2D eigenvalue weighted by Crippen LogP contribution is 2.23. The van der Waals surface area contributed by atoms with E-state index in [1.807, 2.05) is 0 Å². The number of hydrogen-bond acceptors (Lipinski definition) is 1. The van der Waals surface area contributed by atoms with Crippen molar-refractivity contribution < 1.29 is 0 Å². The molecule has 1 aromatic carbocycles. The van der Waals surface area contributed by atoms with Gasteiger partial charge in [-0.15, -0.1) is 0 Å². The van der Waals surface area contributed by atoms with E-state index in [-0.39, 0.29) is 0 Å².